The van der Waals surface area contributed by atoms with Gasteiger partial charge in [0, 0.05) is 43.9 Å². The van der Waals surface area contributed by atoms with Crippen LogP contribution in [0.25, 0.3) is 0 Å². The summed E-state index contributed by atoms with van der Waals surface area (Å²) in [6.07, 6.45) is 2.86. The zero-order valence-electron chi connectivity index (χ0n) is 15.0. The first-order valence-corrected chi connectivity index (χ1v) is 8.82. The lowest BCUT2D eigenvalue weighted by molar-refractivity contribution is -0.135. The van der Waals surface area contributed by atoms with Crippen molar-refractivity contribution < 1.29 is 24.1 Å². The van der Waals surface area contributed by atoms with Gasteiger partial charge in [-0.05, 0) is 36.8 Å². The second kappa shape index (κ2) is 7.62. The van der Waals surface area contributed by atoms with Crippen molar-refractivity contribution in [3.8, 4) is 11.5 Å². The average molecular weight is 349 g/mol. The molecular formula is C19H27NO5. The van der Waals surface area contributed by atoms with Crippen LogP contribution >= 0.6 is 0 Å². The Labute approximate surface area is 148 Å². The molecule has 1 spiro atoms. The monoisotopic (exact) mass is 349 g/mol. The molecular weight excluding hydrogens is 322 g/mol. The number of rotatable bonds is 7. The fourth-order valence-electron chi connectivity index (χ4n) is 3.82. The van der Waals surface area contributed by atoms with Gasteiger partial charge in [-0.2, -0.15) is 0 Å². The predicted molar refractivity (Wildman–Crippen MR) is 92.6 cm³/mol. The highest BCUT2D eigenvalue weighted by molar-refractivity contribution is 5.82. The molecule has 1 atom stereocenters. The first kappa shape index (κ1) is 18.0. The second-order valence-corrected chi connectivity index (χ2v) is 6.89. The second-order valence-electron chi connectivity index (χ2n) is 6.89. The van der Waals surface area contributed by atoms with Crippen LogP contribution in [0.15, 0.2) is 18.2 Å². The number of amides is 1. The van der Waals surface area contributed by atoms with Crippen LogP contribution in [0.4, 0.5) is 0 Å². The molecule has 138 valence electrons. The standard InChI is InChI=1S/C19H27NO5/c1-23-15-4-3-14(17(11-15)24-2)13-20(7-8-21)18(22)16-12-19(16)5-9-25-10-6-19/h3-4,11,16,21H,5-10,12-13H2,1-2H3. The van der Waals surface area contributed by atoms with E-state index in [0.29, 0.717) is 24.6 Å². The first-order valence-electron chi connectivity index (χ1n) is 8.82. The van der Waals surface area contributed by atoms with Gasteiger partial charge in [0.1, 0.15) is 11.5 Å². The highest BCUT2D eigenvalue weighted by Crippen LogP contribution is 2.59. The van der Waals surface area contributed by atoms with Gasteiger partial charge in [-0.1, -0.05) is 0 Å². The van der Waals surface area contributed by atoms with Gasteiger partial charge in [0.2, 0.25) is 5.91 Å². The topological polar surface area (TPSA) is 68.2 Å². The summed E-state index contributed by atoms with van der Waals surface area (Å²) < 4.78 is 16.1. The van der Waals surface area contributed by atoms with Crippen LogP contribution in [-0.4, -0.2) is 56.5 Å². The molecule has 1 aliphatic heterocycles. The molecule has 0 aromatic heterocycles. The van der Waals surface area contributed by atoms with E-state index in [9.17, 15) is 9.90 Å². The lowest BCUT2D eigenvalue weighted by Gasteiger charge is -2.27. The quantitative estimate of drug-likeness (QED) is 0.814. The van der Waals surface area contributed by atoms with Crippen molar-refractivity contribution in [3.63, 3.8) is 0 Å². The van der Waals surface area contributed by atoms with E-state index in [0.717, 1.165) is 38.0 Å². The van der Waals surface area contributed by atoms with Gasteiger partial charge in [0.05, 0.1) is 20.8 Å². The molecule has 1 saturated heterocycles. The summed E-state index contributed by atoms with van der Waals surface area (Å²) in [5, 5.41) is 9.41. The van der Waals surface area contributed by atoms with Gasteiger partial charge in [0.25, 0.3) is 0 Å². The number of aliphatic hydroxyl groups is 1. The van der Waals surface area contributed by atoms with Crippen LogP contribution in [0.1, 0.15) is 24.8 Å². The van der Waals surface area contributed by atoms with Gasteiger partial charge in [-0.3, -0.25) is 4.79 Å². The Kier molecular flexibility index (Phi) is 5.49. The summed E-state index contributed by atoms with van der Waals surface area (Å²) in [4.78, 5) is 14.8. The SMILES string of the molecule is COc1ccc(CN(CCO)C(=O)C2CC23CCOCC3)c(OC)c1. The van der Waals surface area contributed by atoms with E-state index >= 15 is 0 Å². The van der Waals surface area contributed by atoms with E-state index in [1.165, 1.54) is 0 Å². The third-order valence-corrected chi connectivity index (χ3v) is 5.51. The Bertz CT molecular complexity index is 612. The molecule has 1 aromatic rings. The normalized spacial score (nSPS) is 21.0. The average Bonchev–Trinajstić information content (AvgIpc) is 3.34. The number of hydrogen-bond acceptors (Lipinski definition) is 5. The van der Waals surface area contributed by atoms with Gasteiger partial charge in [0.15, 0.2) is 0 Å². The largest absolute Gasteiger partial charge is 0.497 e. The lowest BCUT2D eigenvalue weighted by Crippen LogP contribution is -2.36. The predicted octanol–water partition coefficient (Wildman–Crippen LogP) is 1.84. The van der Waals surface area contributed by atoms with Gasteiger partial charge in [-0.15, -0.1) is 0 Å². The molecule has 2 fully saturated rings. The molecule has 1 aromatic carbocycles. The van der Waals surface area contributed by atoms with Crippen molar-refractivity contribution in [2.24, 2.45) is 11.3 Å². The smallest absolute Gasteiger partial charge is 0.226 e. The molecule has 0 radical (unpaired) electrons. The summed E-state index contributed by atoms with van der Waals surface area (Å²) in [5.41, 5.74) is 1.04. The number of carbonyl (C=O) groups excluding carboxylic acids is 1. The van der Waals surface area contributed by atoms with Crippen molar-refractivity contribution in [1.82, 2.24) is 4.90 Å². The maximum absolute atomic E-state index is 13.0. The molecule has 1 heterocycles. The molecule has 0 bridgehead atoms. The van der Waals surface area contributed by atoms with E-state index in [-0.39, 0.29) is 23.8 Å². The van der Waals surface area contributed by atoms with Crippen molar-refractivity contribution >= 4 is 5.91 Å². The first-order chi connectivity index (χ1) is 12.1. The van der Waals surface area contributed by atoms with Crippen LogP contribution in [-0.2, 0) is 16.1 Å². The zero-order valence-corrected chi connectivity index (χ0v) is 15.0. The number of carbonyl (C=O) groups is 1. The molecule has 6 heteroatoms. The molecule has 6 nitrogen and oxygen atoms in total. The summed E-state index contributed by atoms with van der Waals surface area (Å²) in [6.45, 7) is 2.20. The lowest BCUT2D eigenvalue weighted by atomic mass is 9.93. The molecule has 1 saturated carbocycles. The Balaban J connectivity index is 1.72. The molecule has 2 aliphatic rings. The Morgan fingerprint density at radius 3 is 2.72 bits per heavy atom. The fraction of sp³-hybridized carbons (Fsp3) is 0.632. The van der Waals surface area contributed by atoms with Crippen molar-refractivity contribution in [2.75, 3.05) is 40.6 Å². The Morgan fingerprint density at radius 1 is 1.32 bits per heavy atom. The highest BCUT2D eigenvalue weighted by Gasteiger charge is 2.58. The van der Waals surface area contributed by atoms with Crippen LogP contribution in [0.5, 0.6) is 11.5 Å². The van der Waals surface area contributed by atoms with Crippen molar-refractivity contribution in [3.05, 3.63) is 23.8 Å². The molecule has 25 heavy (non-hydrogen) atoms. The van der Waals surface area contributed by atoms with E-state index in [2.05, 4.69) is 0 Å². The molecule has 1 N–H and O–H groups in total. The molecule has 1 amide bonds. The van der Waals surface area contributed by atoms with Gasteiger partial charge < -0.3 is 24.2 Å². The maximum atomic E-state index is 13.0. The van der Waals surface area contributed by atoms with E-state index in [1.54, 1.807) is 19.1 Å². The third kappa shape index (κ3) is 3.75. The zero-order chi connectivity index (χ0) is 17.9. The maximum Gasteiger partial charge on any atom is 0.226 e. The van der Waals surface area contributed by atoms with Crippen LogP contribution in [0, 0.1) is 11.3 Å². The van der Waals surface area contributed by atoms with Crippen molar-refractivity contribution in [2.45, 2.75) is 25.8 Å². The Morgan fingerprint density at radius 2 is 2.08 bits per heavy atom. The van der Waals surface area contributed by atoms with Gasteiger partial charge in [-0.25, -0.2) is 0 Å². The van der Waals surface area contributed by atoms with Crippen molar-refractivity contribution in [1.29, 1.82) is 0 Å². The summed E-state index contributed by atoms with van der Waals surface area (Å²) in [5.74, 6) is 1.59. The minimum Gasteiger partial charge on any atom is -0.497 e. The highest BCUT2D eigenvalue weighted by atomic mass is 16.5. The Hall–Kier alpha value is -1.79. The van der Waals surface area contributed by atoms with Gasteiger partial charge >= 0.3 is 0 Å². The van der Waals surface area contributed by atoms with Crippen LogP contribution in [0.2, 0.25) is 0 Å². The summed E-state index contributed by atoms with van der Waals surface area (Å²) in [7, 11) is 3.21. The number of ether oxygens (including phenoxy) is 3. The minimum atomic E-state index is -0.0486. The summed E-state index contributed by atoms with van der Waals surface area (Å²) in [6, 6.07) is 5.58. The summed E-state index contributed by atoms with van der Waals surface area (Å²) >= 11 is 0. The fourth-order valence-corrected chi connectivity index (χ4v) is 3.82. The number of nitrogens with zero attached hydrogens (tertiary/aromatic N) is 1. The number of methoxy groups -OCH3 is 2. The minimum absolute atomic E-state index is 0.0486. The molecule has 1 unspecified atom stereocenters. The van der Waals surface area contributed by atoms with Crippen LogP contribution < -0.4 is 9.47 Å². The molecule has 3 rings (SSSR count). The third-order valence-electron chi connectivity index (χ3n) is 5.51. The number of benzene rings is 1. The van der Waals surface area contributed by atoms with Crippen LogP contribution in [0.3, 0.4) is 0 Å². The number of aliphatic hydroxyl groups excluding tert-OH is 1. The number of hydrogen-bond donors (Lipinski definition) is 1. The van der Waals surface area contributed by atoms with E-state index in [4.69, 9.17) is 14.2 Å². The van der Waals surface area contributed by atoms with E-state index < -0.39 is 0 Å². The van der Waals surface area contributed by atoms with E-state index in [1.807, 2.05) is 18.2 Å². The molecule has 1 aliphatic carbocycles.